The van der Waals surface area contributed by atoms with Gasteiger partial charge in [-0.2, -0.15) is 0 Å². The largest absolute Gasteiger partial charge is 0.497 e. The fourth-order valence-corrected chi connectivity index (χ4v) is 3.72. The fourth-order valence-electron chi connectivity index (χ4n) is 2.32. The Morgan fingerprint density at radius 2 is 2.00 bits per heavy atom. The van der Waals surface area contributed by atoms with E-state index >= 15 is 0 Å². The van der Waals surface area contributed by atoms with E-state index in [1.165, 1.54) is 11.3 Å². The average molecular weight is 417 g/mol. The highest BCUT2D eigenvalue weighted by Crippen LogP contribution is 2.24. The molecule has 3 rings (SSSR count). The van der Waals surface area contributed by atoms with E-state index in [1.54, 1.807) is 12.5 Å². The van der Waals surface area contributed by atoms with Crippen molar-refractivity contribution in [2.75, 3.05) is 12.4 Å². The van der Waals surface area contributed by atoms with E-state index in [0.29, 0.717) is 12.1 Å². The molecule has 1 N–H and O–H groups in total. The van der Waals surface area contributed by atoms with E-state index in [9.17, 15) is 4.79 Å². The van der Waals surface area contributed by atoms with Crippen LogP contribution in [0.25, 0.3) is 0 Å². The Balaban J connectivity index is 1.68. The van der Waals surface area contributed by atoms with Crippen molar-refractivity contribution in [3.8, 4) is 5.75 Å². The Hall–Kier alpha value is -2.18. The van der Waals surface area contributed by atoms with Crippen molar-refractivity contribution in [2.24, 2.45) is 0 Å². The fraction of sp³-hybridized carbons (Fsp3) is 0.158. The number of ether oxygens (including phenoxy) is 1. The maximum atomic E-state index is 12.4. The van der Waals surface area contributed by atoms with Gasteiger partial charge in [0.2, 0.25) is 0 Å². The second kappa shape index (κ2) is 7.80. The summed E-state index contributed by atoms with van der Waals surface area (Å²) in [5.74, 6) is 0.619. The number of methoxy groups -OCH3 is 1. The number of benzene rings is 2. The Morgan fingerprint density at radius 3 is 2.68 bits per heavy atom. The number of rotatable bonds is 5. The molecule has 128 valence electrons. The standard InChI is InChI=1S/C19H17BrN2O2S/c1-12-3-8-16(15(20)9-12)22-19(23)17-11-25-18(21-17)10-13-4-6-14(24-2)7-5-13/h3-9,11H,10H2,1-2H3,(H,22,23). The molecule has 3 aromatic rings. The lowest BCUT2D eigenvalue weighted by atomic mass is 10.1. The highest BCUT2D eigenvalue weighted by molar-refractivity contribution is 9.10. The Bertz CT molecular complexity index is 891. The van der Waals surface area contributed by atoms with Crippen molar-refractivity contribution in [1.82, 2.24) is 4.98 Å². The molecular weight excluding hydrogens is 400 g/mol. The number of thiazole rings is 1. The summed E-state index contributed by atoms with van der Waals surface area (Å²) in [5, 5.41) is 5.58. The molecule has 4 nitrogen and oxygen atoms in total. The number of nitrogens with zero attached hydrogens (tertiary/aromatic N) is 1. The lowest BCUT2D eigenvalue weighted by molar-refractivity contribution is 0.102. The van der Waals surface area contributed by atoms with Crippen molar-refractivity contribution in [3.05, 3.63) is 74.1 Å². The number of carbonyl (C=O) groups is 1. The van der Waals surface area contributed by atoms with Crippen molar-refractivity contribution in [3.63, 3.8) is 0 Å². The van der Waals surface area contributed by atoms with E-state index in [2.05, 4.69) is 26.2 Å². The number of aromatic nitrogens is 1. The van der Waals surface area contributed by atoms with Gasteiger partial charge in [-0.3, -0.25) is 4.79 Å². The molecule has 0 saturated carbocycles. The predicted molar refractivity (Wildman–Crippen MR) is 105 cm³/mol. The van der Waals surface area contributed by atoms with E-state index in [-0.39, 0.29) is 5.91 Å². The van der Waals surface area contributed by atoms with E-state index in [4.69, 9.17) is 4.74 Å². The number of halogens is 1. The van der Waals surface area contributed by atoms with Gasteiger partial charge in [0.15, 0.2) is 0 Å². The van der Waals surface area contributed by atoms with Gasteiger partial charge in [0.05, 0.1) is 17.8 Å². The highest BCUT2D eigenvalue weighted by Gasteiger charge is 2.13. The molecule has 0 aliphatic heterocycles. The van der Waals surface area contributed by atoms with Crippen LogP contribution in [0.5, 0.6) is 5.75 Å². The topological polar surface area (TPSA) is 51.2 Å². The third-order valence-electron chi connectivity index (χ3n) is 3.67. The van der Waals surface area contributed by atoms with E-state index in [0.717, 1.165) is 32.0 Å². The molecular formula is C19H17BrN2O2S. The number of amides is 1. The lowest BCUT2D eigenvalue weighted by Crippen LogP contribution is -2.12. The molecule has 6 heteroatoms. The number of hydrogen-bond acceptors (Lipinski definition) is 4. The summed E-state index contributed by atoms with van der Waals surface area (Å²) in [6.07, 6.45) is 0.691. The summed E-state index contributed by atoms with van der Waals surface area (Å²) < 4.78 is 6.01. The van der Waals surface area contributed by atoms with Crippen LogP contribution in [-0.4, -0.2) is 18.0 Å². The van der Waals surface area contributed by atoms with Gasteiger partial charge in [0.1, 0.15) is 11.4 Å². The Morgan fingerprint density at radius 1 is 1.24 bits per heavy atom. The van der Waals surface area contributed by atoms with Crippen molar-refractivity contribution in [2.45, 2.75) is 13.3 Å². The summed E-state index contributed by atoms with van der Waals surface area (Å²) in [4.78, 5) is 16.8. The second-order valence-electron chi connectivity index (χ2n) is 5.59. The minimum absolute atomic E-state index is 0.207. The maximum absolute atomic E-state index is 12.4. The molecule has 0 fully saturated rings. The van der Waals surface area contributed by atoms with Crippen LogP contribution in [0.15, 0.2) is 52.3 Å². The molecule has 0 aliphatic rings. The van der Waals surface area contributed by atoms with Crippen LogP contribution in [-0.2, 0) is 6.42 Å². The van der Waals surface area contributed by atoms with Crippen LogP contribution in [0.4, 0.5) is 5.69 Å². The molecule has 0 unspecified atom stereocenters. The van der Waals surface area contributed by atoms with Gasteiger partial charge in [-0.05, 0) is 58.2 Å². The summed E-state index contributed by atoms with van der Waals surface area (Å²) in [5.41, 5.74) is 3.42. The van der Waals surface area contributed by atoms with E-state index < -0.39 is 0 Å². The maximum Gasteiger partial charge on any atom is 0.275 e. The quantitative estimate of drug-likeness (QED) is 0.631. The molecule has 25 heavy (non-hydrogen) atoms. The van der Waals surface area contributed by atoms with Crippen LogP contribution >= 0.6 is 27.3 Å². The number of anilines is 1. The average Bonchev–Trinajstić information content (AvgIpc) is 3.07. The predicted octanol–water partition coefficient (Wildman–Crippen LogP) is 5.07. The van der Waals surface area contributed by atoms with Gasteiger partial charge < -0.3 is 10.1 Å². The number of nitrogens with one attached hydrogen (secondary N) is 1. The zero-order valence-corrected chi connectivity index (χ0v) is 16.3. The summed E-state index contributed by atoms with van der Waals surface area (Å²) in [6.45, 7) is 2.00. The molecule has 0 spiro atoms. The van der Waals surface area contributed by atoms with E-state index in [1.807, 2.05) is 49.4 Å². The lowest BCUT2D eigenvalue weighted by Gasteiger charge is -2.06. The first kappa shape index (κ1) is 17.6. The first-order chi connectivity index (χ1) is 12.0. The first-order valence-corrected chi connectivity index (χ1v) is 9.37. The molecule has 0 bridgehead atoms. The zero-order chi connectivity index (χ0) is 17.8. The molecule has 1 aromatic heterocycles. The van der Waals surface area contributed by atoms with Crippen LogP contribution < -0.4 is 10.1 Å². The molecule has 1 amide bonds. The smallest absolute Gasteiger partial charge is 0.275 e. The number of carbonyl (C=O) groups excluding carboxylic acids is 1. The number of hydrogen-bond donors (Lipinski definition) is 1. The summed E-state index contributed by atoms with van der Waals surface area (Å²) in [7, 11) is 1.65. The zero-order valence-electron chi connectivity index (χ0n) is 13.9. The van der Waals surface area contributed by atoms with Gasteiger partial charge in [-0.15, -0.1) is 11.3 Å². The van der Waals surface area contributed by atoms with Gasteiger partial charge in [-0.25, -0.2) is 4.98 Å². The number of aryl methyl sites for hydroxylation is 1. The summed E-state index contributed by atoms with van der Waals surface area (Å²) in [6, 6.07) is 13.6. The molecule has 2 aromatic carbocycles. The molecule has 1 heterocycles. The van der Waals surface area contributed by atoms with Crippen molar-refractivity contribution < 1.29 is 9.53 Å². The Labute approximate surface area is 159 Å². The highest BCUT2D eigenvalue weighted by atomic mass is 79.9. The van der Waals surface area contributed by atoms with Crippen LogP contribution in [0.1, 0.15) is 26.6 Å². The SMILES string of the molecule is COc1ccc(Cc2nc(C(=O)Nc3ccc(C)cc3Br)cs2)cc1. The van der Waals surface area contributed by atoms with Gasteiger partial charge in [-0.1, -0.05) is 18.2 Å². The van der Waals surface area contributed by atoms with Crippen LogP contribution in [0.3, 0.4) is 0 Å². The monoisotopic (exact) mass is 416 g/mol. The van der Waals surface area contributed by atoms with Crippen molar-refractivity contribution >= 4 is 38.9 Å². The molecule has 0 atom stereocenters. The molecule has 0 radical (unpaired) electrons. The van der Waals surface area contributed by atoms with Crippen LogP contribution in [0.2, 0.25) is 0 Å². The molecule has 0 saturated heterocycles. The third kappa shape index (κ3) is 4.46. The van der Waals surface area contributed by atoms with Crippen molar-refractivity contribution in [1.29, 1.82) is 0 Å². The van der Waals surface area contributed by atoms with Gasteiger partial charge in [0.25, 0.3) is 5.91 Å². The normalized spacial score (nSPS) is 10.5. The van der Waals surface area contributed by atoms with Crippen LogP contribution in [0, 0.1) is 6.92 Å². The summed E-state index contributed by atoms with van der Waals surface area (Å²) >= 11 is 4.95. The first-order valence-electron chi connectivity index (χ1n) is 7.70. The van der Waals surface area contributed by atoms with Gasteiger partial charge in [0, 0.05) is 16.3 Å². The molecule has 0 aliphatic carbocycles. The van der Waals surface area contributed by atoms with Gasteiger partial charge >= 0.3 is 0 Å². The third-order valence-corrected chi connectivity index (χ3v) is 5.18. The second-order valence-corrected chi connectivity index (χ2v) is 7.39. The minimum Gasteiger partial charge on any atom is -0.497 e. The Kier molecular flexibility index (Phi) is 5.50. The minimum atomic E-state index is -0.207.